The van der Waals surface area contributed by atoms with Crippen molar-refractivity contribution < 1.29 is 9.53 Å². The normalized spacial score (nSPS) is 24.0. The molecule has 1 saturated heterocycles. The number of carbonyl (C=O) groups is 1. The molecule has 0 bridgehead atoms. The van der Waals surface area contributed by atoms with Crippen molar-refractivity contribution in [2.24, 2.45) is 16.7 Å². The summed E-state index contributed by atoms with van der Waals surface area (Å²) in [5.41, 5.74) is 4.28. The van der Waals surface area contributed by atoms with Gasteiger partial charge < -0.3 is 9.64 Å². The van der Waals surface area contributed by atoms with Gasteiger partial charge in [-0.15, -0.1) is 0 Å². The van der Waals surface area contributed by atoms with Gasteiger partial charge in [0.05, 0.1) is 6.61 Å². The molecule has 3 fully saturated rings. The molecule has 1 aromatic carbocycles. The van der Waals surface area contributed by atoms with Crippen molar-refractivity contribution in [2.45, 2.75) is 72.1 Å². The molecule has 2 aliphatic carbocycles. The second-order valence-corrected chi connectivity index (χ2v) is 12.3. The summed E-state index contributed by atoms with van der Waals surface area (Å²) in [5.74, 6) is 1.66. The Morgan fingerprint density at radius 1 is 1.03 bits per heavy atom. The number of benzene rings is 1. The smallest absolute Gasteiger partial charge is 0.165 e. The maximum absolute atomic E-state index is 12.8. The molecule has 32 heavy (non-hydrogen) atoms. The van der Waals surface area contributed by atoms with Crippen molar-refractivity contribution in [2.75, 3.05) is 51.3 Å². The summed E-state index contributed by atoms with van der Waals surface area (Å²) in [6.07, 6.45) is 6.96. The molecular formula is C28H44N2O2. The number of hydrogen-bond acceptors (Lipinski definition) is 4. The van der Waals surface area contributed by atoms with Gasteiger partial charge >= 0.3 is 0 Å². The van der Waals surface area contributed by atoms with E-state index in [0.29, 0.717) is 29.8 Å². The molecule has 0 radical (unpaired) electrons. The van der Waals surface area contributed by atoms with Crippen molar-refractivity contribution in [3.63, 3.8) is 0 Å². The number of anilines is 1. The van der Waals surface area contributed by atoms with E-state index in [-0.39, 0.29) is 5.78 Å². The molecule has 0 spiro atoms. The summed E-state index contributed by atoms with van der Waals surface area (Å²) in [6, 6.07) is 6.55. The Morgan fingerprint density at radius 3 is 2.28 bits per heavy atom. The summed E-state index contributed by atoms with van der Waals surface area (Å²) >= 11 is 0. The first-order valence-electron chi connectivity index (χ1n) is 12.8. The molecule has 2 saturated carbocycles. The highest BCUT2D eigenvalue weighted by Gasteiger charge is 2.40. The SMILES string of the molecule is COCCC(=O)c1ccc(N2CCN(CC3CC3)CC2)c(C2CC(C)(C)CC(C)(C)C2)c1. The van der Waals surface area contributed by atoms with Crippen LogP contribution in [0.15, 0.2) is 18.2 Å². The van der Waals surface area contributed by atoms with Crippen LogP contribution in [0.4, 0.5) is 5.69 Å². The van der Waals surface area contributed by atoms with Gasteiger partial charge in [0.25, 0.3) is 0 Å². The van der Waals surface area contributed by atoms with Crippen LogP contribution in [0.5, 0.6) is 0 Å². The zero-order valence-electron chi connectivity index (χ0n) is 21.1. The fraction of sp³-hybridized carbons (Fsp3) is 0.750. The molecule has 0 aromatic heterocycles. The Bertz CT molecular complexity index is 788. The topological polar surface area (TPSA) is 32.8 Å². The summed E-state index contributed by atoms with van der Waals surface area (Å²) in [6.45, 7) is 16.0. The predicted octanol–water partition coefficient (Wildman–Crippen LogP) is 5.76. The van der Waals surface area contributed by atoms with Gasteiger partial charge in [0.15, 0.2) is 5.78 Å². The lowest BCUT2D eigenvalue weighted by atomic mass is 9.60. The Kier molecular flexibility index (Phi) is 7.03. The third-order valence-corrected chi connectivity index (χ3v) is 7.80. The maximum Gasteiger partial charge on any atom is 0.165 e. The van der Waals surface area contributed by atoms with E-state index >= 15 is 0 Å². The van der Waals surface area contributed by atoms with Gasteiger partial charge in [-0.2, -0.15) is 0 Å². The summed E-state index contributed by atoms with van der Waals surface area (Å²) in [7, 11) is 1.66. The Labute approximate surface area is 195 Å². The van der Waals surface area contributed by atoms with Crippen molar-refractivity contribution in [1.82, 2.24) is 4.90 Å². The van der Waals surface area contributed by atoms with Gasteiger partial charge in [-0.25, -0.2) is 0 Å². The minimum absolute atomic E-state index is 0.197. The van der Waals surface area contributed by atoms with E-state index in [1.165, 1.54) is 49.9 Å². The molecule has 0 N–H and O–H groups in total. The van der Waals surface area contributed by atoms with Gasteiger partial charge in [0.1, 0.15) is 0 Å². The molecule has 3 aliphatic rings. The standard InChI is InChI=1S/C28H44N2O2/c1-27(2)17-23(18-28(3,4)20-27)24-16-22(26(31)10-15-32-5)8-9-25(24)30-13-11-29(12-14-30)19-21-6-7-21/h8-9,16,21,23H,6-7,10-15,17-20H2,1-5H3. The van der Waals surface area contributed by atoms with Crippen LogP contribution in [0, 0.1) is 16.7 Å². The van der Waals surface area contributed by atoms with Crippen molar-refractivity contribution in [3.05, 3.63) is 29.3 Å². The highest BCUT2D eigenvalue weighted by atomic mass is 16.5. The van der Waals surface area contributed by atoms with E-state index in [0.717, 1.165) is 37.7 Å². The maximum atomic E-state index is 12.8. The molecule has 1 aromatic rings. The average Bonchev–Trinajstić information content (AvgIpc) is 3.54. The quantitative estimate of drug-likeness (QED) is 0.481. The van der Waals surface area contributed by atoms with E-state index in [4.69, 9.17) is 4.74 Å². The lowest BCUT2D eigenvalue weighted by Crippen LogP contribution is -2.47. The second kappa shape index (κ2) is 9.46. The van der Waals surface area contributed by atoms with E-state index in [1.54, 1.807) is 7.11 Å². The Hall–Kier alpha value is -1.39. The van der Waals surface area contributed by atoms with Crippen molar-refractivity contribution >= 4 is 11.5 Å². The first-order valence-corrected chi connectivity index (χ1v) is 12.8. The molecule has 0 amide bonds. The number of Topliss-reactive ketones (excluding diaryl/α,β-unsaturated/α-hetero) is 1. The number of ketones is 1. The average molecular weight is 441 g/mol. The van der Waals surface area contributed by atoms with Crippen LogP contribution in [0.1, 0.15) is 88.1 Å². The minimum atomic E-state index is 0.197. The Morgan fingerprint density at radius 2 is 1.69 bits per heavy atom. The van der Waals surface area contributed by atoms with Crippen LogP contribution in [0.25, 0.3) is 0 Å². The summed E-state index contributed by atoms with van der Waals surface area (Å²) in [5, 5.41) is 0. The van der Waals surface area contributed by atoms with E-state index < -0.39 is 0 Å². The molecule has 1 heterocycles. The van der Waals surface area contributed by atoms with Crippen LogP contribution in [0.3, 0.4) is 0 Å². The lowest BCUT2D eigenvalue weighted by molar-refractivity contribution is 0.0931. The lowest BCUT2D eigenvalue weighted by Gasteiger charge is -2.46. The third-order valence-electron chi connectivity index (χ3n) is 7.80. The molecular weight excluding hydrogens is 396 g/mol. The zero-order chi connectivity index (χ0) is 22.9. The van der Waals surface area contributed by atoms with E-state index in [2.05, 4.69) is 55.7 Å². The van der Waals surface area contributed by atoms with Crippen molar-refractivity contribution in [1.29, 1.82) is 0 Å². The molecule has 4 rings (SSSR count). The number of ether oxygens (including phenoxy) is 1. The number of nitrogens with zero attached hydrogens (tertiary/aromatic N) is 2. The molecule has 0 unspecified atom stereocenters. The fourth-order valence-corrected chi connectivity index (χ4v) is 6.58. The van der Waals surface area contributed by atoms with Gasteiger partial charge in [-0.3, -0.25) is 9.69 Å². The van der Waals surface area contributed by atoms with Crippen LogP contribution in [0.2, 0.25) is 0 Å². The first-order chi connectivity index (χ1) is 15.2. The minimum Gasteiger partial charge on any atom is -0.384 e. The molecule has 4 heteroatoms. The fourth-order valence-electron chi connectivity index (χ4n) is 6.58. The number of hydrogen-bond donors (Lipinski definition) is 0. The number of methoxy groups -OCH3 is 1. The summed E-state index contributed by atoms with van der Waals surface area (Å²) in [4.78, 5) is 18.1. The number of piperazine rings is 1. The molecule has 178 valence electrons. The van der Waals surface area contributed by atoms with Gasteiger partial charge in [0, 0.05) is 57.5 Å². The third kappa shape index (κ3) is 5.94. The largest absolute Gasteiger partial charge is 0.384 e. The zero-order valence-corrected chi connectivity index (χ0v) is 21.1. The van der Waals surface area contributed by atoms with Gasteiger partial charge in [0.2, 0.25) is 0 Å². The van der Waals surface area contributed by atoms with Crippen LogP contribution in [-0.2, 0) is 4.74 Å². The van der Waals surface area contributed by atoms with Crippen LogP contribution in [-0.4, -0.2) is 57.1 Å². The van der Waals surface area contributed by atoms with E-state index in [1.807, 2.05) is 0 Å². The van der Waals surface area contributed by atoms with Crippen molar-refractivity contribution in [3.8, 4) is 0 Å². The highest BCUT2D eigenvalue weighted by Crippen LogP contribution is 2.53. The highest BCUT2D eigenvalue weighted by molar-refractivity contribution is 5.96. The first kappa shape index (κ1) is 23.8. The van der Waals surface area contributed by atoms with Crippen LogP contribution >= 0.6 is 0 Å². The molecule has 1 aliphatic heterocycles. The Balaban J connectivity index is 1.59. The van der Waals surface area contributed by atoms with Crippen LogP contribution < -0.4 is 4.90 Å². The van der Waals surface area contributed by atoms with Gasteiger partial charge in [-0.1, -0.05) is 27.7 Å². The number of carbonyl (C=O) groups excluding carboxylic acids is 1. The second-order valence-electron chi connectivity index (χ2n) is 12.3. The molecule has 0 atom stereocenters. The predicted molar refractivity (Wildman–Crippen MR) is 133 cm³/mol. The van der Waals surface area contributed by atoms with E-state index in [9.17, 15) is 4.79 Å². The monoisotopic (exact) mass is 440 g/mol. The number of rotatable bonds is 8. The van der Waals surface area contributed by atoms with Gasteiger partial charge in [-0.05, 0) is 78.5 Å². The summed E-state index contributed by atoms with van der Waals surface area (Å²) < 4.78 is 5.16. The molecule has 4 nitrogen and oxygen atoms in total.